The van der Waals surface area contributed by atoms with Crippen LogP contribution in [0.1, 0.15) is 46.6 Å². The maximum absolute atomic E-state index is 14.2. The Morgan fingerprint density at radius 3 is 2.08 bits per heavy atom. The number of nitrogens with one attached hydrogen (secondary N) is 1. The fraction of sp³-hybridized carbons (Fsp3) is 0.320. The molecule has 0 spiro atoms. The van der Waals surface area contributed by atoms with Crippen molar-refractivity contribution in [1.82, 2.24) is 14.8 Å². The van der Waals surface area contributed by atoms with E-state index >= 15 is 0 Å². The zero-order valence-corrected chi connectivity index (χ0v) is 19.7. The van der Waals surface area contributed by atoms with E-state index in [1.165, 1.54) is 42.0 Å². The molecule has 2 aromatic carbocycles. The number of hydrogen-bond acceptors (Lipinski definition) is 2. The van der Waals surface area contributed by atoms with E-state index in [0.29, 0.717) is 24.1 Å². The van der Waals surface area contributed by atoms with Crippen LogP contribution in [0.4, 0.5) is 39.5 Å². The first-order valence-corrected chi connectivity index (χ1v) is 11.2. The van der Waals surface area contributed by atoms with E-state index in [2.05, 4.69) is 10.2 Å². The van der Waals surface area contributed by atoms with Crippen LogP contribution < -0.4 is 0 Å². The van der Waals surface area contributed by atoms with E-state index in [4.69, 9.17) is 0 Å². The SMILES string of the molecule is CCc1ccc(C(c2ccn[nH]2)n2c(C)cc3cc(C(O)(C(F)(F)F)C(F)(F)F)ccc32)c(C(F)(F)F)c1. The molecule has 0 bridgehead atoms. The van der Waals surface area contributed by atoms with Gasteiger partial charge in [0, 0.05) is 28.4 Å². The molecule has 4 rings (SSSR count). The molecule has 2 aromatic heterocycles. The summed E-state index contributed by atoms with van der Waals surface area (Å²) in [5.74, 6) is 0. The monoisotopic (exact) mass is 549 g/mol. The summed E-state index contributed by atoms with van der Waals surface area (Å²) in [6.07, 6.45) is -15.3. The number of rotatable bonds is 5. The maximum atomic E-state index is 14.2. The van der Waals surface area contributed by atoms with Crippen molar-refractivity contribution in [2.24, 2.45) is 0 Å². The lowest BCUT2D eigenvalue weighted by Crippen LogP contribution is -2.53. The summed E-state index contributed by atoms with van der Waals surface area (Å²) >= 11 is 0. The first-order chi connectivity index (χ1) is 17.5. The van der Waals surface area contributed by atoms with Crippen LogP contribution in [-0.4, -0.2) is 32.2 Å². The van der Waals surface area contributed by atoms with Crippen LogP contribution in [-0.2, 0) is 18.2 Å². The molecule has 38 heavy (non-hydrogen) atoms. The van der Waals surface area contributed by atoms with E-state index in [1.807, 2.05) is 0 Å². The fourth-order valence-corrected chi connectivity index (χ4v) is 4.60. The van der Waals surface area contributed by atoms with Gasteiger partial charge in [-0.1, -0.05) is 25.1 Å². The highest BCUT2D eigenvalue weighted by molar-refractivity contribution is 5.83. The van der Waals surface area contributed by atoms with Gasteiger partial charge in [0.05, 0.1) is 11.3 Å². The molecule has 0 saturated heterocycles. The first kappa shape index (κ1) is 27.6. The van der Waals surface area contributed by atoms with E-state index in [-0.39, 0.29) is 27.9 Å². The molecule has 0 radical (unpaired) electrons. The number of aliphatic hydroxyl groups is 1. The number of H-pyrrole nitrogens is 1. The van der Waals surface area contributed by atoms with Crippen LogP contribution in [0.5, 0.6) is 0 Å². The van der Waals surface area contributed by atoms with Gasteiger partial charge in [-0.3, -0.25) is 5.10 Å². The van der Waals surface area contributed by atoms with E-state index in [9.17, 15) is 44.6 Å². The predicted octanol–water partition coefficient (Wildman–Crippen LogP) is 7.20. The average molecular weight is 549 g/mol. The molecule has 0 amide bonds. The molecule has 0 aliphatic heterocycles. The number of aromatic amines is 1. The van der Waals surface area contributed by atoms with Gasteiger partial charge in [0.2, 0.25) is 0 Å². The molecule has 4 nitrogen and oxygen atoms in total. The number of benzene rings is 2. The third-order valence-electron chi connectivity index (χ3n) is 6.47. The van der Waals surface area contributed by atoms with E-state index in [1.54, 1.807) is 6.92 Å². The molecular weight excluding hydrogens is 529 g/mol. The van der Waals surface area contributed by atoms with Crippen molar-refractivity contribution in [3.05, 3.63) is 88.4 Å². The number of halogens is 9. The lowest BCUT2D eigenvalue weighted by atomic mass is 9.91. The summed E-state index contributed by atoms with van der Waals surface area (Å²) in [6, 6.07) is 7.17. The van der Waals surface area contributed by atoms with Crippen LogP contribution >= 0.6 is 0 Å². The van der Waals surface area contributed by atoms with Crippen LogP contribution in [0.25, 0.3) is 10.9 Å². The van der Waals surface area contributed by atoms with Crippen molar-refractivity contribution in [3.8, 4) is 0 Å². The fourth-order valence-electron chi connectivity index (χ4n) is 4.60. The summed E-state index contributed by atoms with van der Waals surface area (Å²) in [6.45, 7) is 3.14. The van der Waals surface area contributed by atoms with Crippen molar-refractivity contribution >= 4 is 10.9 Å². The van der Waals surface area contributed by atoms with Gasteiger partial charge in [-0.15, -0.1) is 0 Å². The molecular formula is C25H20F9N3O. The zero-order chi connectivity index (χ0) is 28.3. The zero-order valence-electron chi connectivity index (χ0n) is 19.7. The molecule has 0 saturated carbocycles. The predicted molar refractivity (Wildman–Crippen MR) is 119 cm³/mol. The summed E-state index contributed by atoms with van der Waals surface area (Å²) in [5, 5.41) is 16.1. The first-order valence-electron chi connectivity index (χ1n) is 11.2. The largest absolute Gasteiger partial charge is 0.430 e. The number of aromatic nitrogens is 3. The Hall–Kier alpha value is -3.48. The molecule has 1 atom stereocenters. The smallest absolute Gasteiger partial charge is 0.369 e. The third kappa shape index (κ3) is 4.42. The van der Waals surface area contributed by atoms with Gasteiger partial charge in [0.25, 0.3) is 5.60 Å². The van der Waals surface area contributed by atoms with Crippen molar-refractivity contribution in [2.45, 2.75) is 50.4 Å². The van der Waals surface area contributed by atoms with Crippen molar-refractivity contribution in [3.63, 3.8) is 0 Å². The molecule has 0 fully saturated rings. The third-order valence-corrected chi connectivity index (χ3v) is 6.47. The Balaban J connectivity index is 2.00. The second kappa shape index (κ2) is 9.07. The average Bonchev–Trinajstić information content (AvgIpc) is 3.44. The van der Waals surface area contributed by atoms with Crippen molar-refractivity contribution in [2.75, 3.05) is 0 Å². The summed E-state index contributed by atoms with van der Waals surface area (Å²) in [4.78, 5) is 0. The maximum Gasteiger partial charge on any atom is 0.430 e. The van der Waals surface area contributed by atoms with Gasteiger partial charge in [-0.25, -0.2) is 0 Å². The van der Waals surface area contributed by atoms with E-state index < -0.39 is 41.3 Å². The Labute approximate surface area is 209 Å². The minimum Gasteiger partial charge on any atom is -0.369 e. The van der Waals surface area contributed by atoms with Gasteiger partial charge in [0.15, 0.2) is 0 Å². The summed E-state index contributed by atoms with van der Waals surface area (Å²) < 4.78 is 124. The molecule has 4 aromatic rings. The second-order valence-corrected chi connectivity index (χ2v) is 8.82. The Morgan fingerprint density at radius 1 is 0.895 bits per heavy atom. The molecule has 0 aliphatic rings. The van der Waals surface area contributed by atoms with Gasteiger partial charge in [-0.2, -0.15) is 44.6 Å². The number of fused-ring (bicyclic) bond motifs is 1. The number of aryl methyl sites for hydroxylation is 2. The topological polar surface area (TPSA) is 53.8 Å². The van der Waals surface area contributed by atoms with Gasteiger partial charge < -0.3 is 9.67 Å². The van der Waals surface area contributed by atoms with Crippen LogP contribution in [0, 0.1) is 6.92 Å². The van der Waals surface area contributed by atoms with Crippen LogP contribution in [0.3, 0.4) is 0 Å². The highest BCUT2D eigenvalue weighted by atomic mass is 19.4. The summed E-state index contributed by atoms with van der Waals surface area (Å²) in [5.41, 5.74) is -6.86. The van der Waals surface area contributed by atoms with E-state index in [0.717, 1.165) is 12.1 Å². The molecule has 204 valence electrons. The standard InChI is InChI=1S/C25H20F9N3O/c1-3-14-4-6-17(18(11-14)23(26,27)28)21(19-8-9-35-36-19)37-13(2)10-15-12-16(5-7-20(15)37)22(38,24(29,30)31)25(32,33)34/h4-12,21,38H,3H2,1-2H3,(H,35,36). The molecule has 13 heteroatoms. The number of nitrogens with zero attached hydrogens (tertiary/aromatic N) is 2. The molecule has 2 N–H and O–H groups in total. The lowest BCUT2D eigenvalue weighted by molar-refractivity contribution is -0.376. The van der Waals surface area contributed by atoms with Gasteiger partial charge in [-0.05, 0) is 54.8 Å². The minimum atomic E-state index is -6.09. The minimum absolute atomic E-state index is 0.0465. The van der Waals surface area contributed by atoms with Crippen LogP contribution in [0.15, 0.2) is 54.7 Å². The number of hydrogen-bond donors (Lipinski definition) is 2. The highest BCUT2D eigenvalue weighted by Crippen LogP contribution is 2.51. The van der Waals surface area contributed by atoms with Crippen molar-refractivity contribution < 1.29 is 44.6 Å². The molecule has 0 aliphatic carbocycles. The van der Waals surface area contributed by atoms with Crippen molar-refractivity contribution in [1.29, 1.82) is 0 Å². The van der Waals surface area contributed by atoms with Gasteiger partial charge in [0.1, 0.15) is 6.04 Å². The quantitative estimate of drug-likeness (QED) is 0.259. The second-order valence-electron chi connectivity index (χ2n) is 8.82. The number of alkyl halides is 9. The lowest BCUT2D eigenvalue weighted by Gasteiger charge is -2.32. The Bertz CT molecular complexity index is 1430. The Kier molecular flexibility index (Phi) is 6.58. The molecule has 2 heterocycles. The Morgan fingerprint density at radius 2 is 1.55 bits per heavy atom. The van der Waals surface area contributed by atoms with Gasteiger partial charge >= 0.3 is 18.5 Å². The normalized spacial score (nSPS) is 14.3. The summed E-state index contributed by atoms with van der Waals surface area (Å²) in [7, 11) is 0. The molecule has 1 unspecified atom stereocenters. The van der Waals surface area contributed by atoms with Crippen LogP contribution in [0.2, 0.25) is 0 Å². The highest BCUT2D eigenvalue weighted by Gasteiger charge is 2.71.